The monoisotopic (exact) mass is 322 g/mol. The molecule has 0 radical (unpaired) electrons. The topological polar surface area (TPSA) is 43.3 Å². The van der Waals surface area contributed by atoms with Gasteiger partial charge in [0, 0.05) is 31.0 Å². The zero-order valence-corrected chi connectivity index (χ0v) is 12.2. The highest BCUT2D eigenvalue weighted by Crippen LogP contribution is 2.25. The summed E-state index contributed by atoms with van der Waals surface area (Å²) in [5.41, 5.74) is 0.611. The fourth-order valence-corrected chi connectivity index (χ4v) is 2.27. The molecule has 1 N–H and O–H groups in total. The first kappa shape index (κ1) is 13.7. The Labute approximate surface area is 120 Å². The molecule has 0 fully saturated rings. The molecule has 100 valence electrons. The van der Waals surface area contributed by atoms with Crippen LogP contribution in [0.3, 0.4) is 0 Å². The van der Waals surface area contributed by atoms with Crippen LogP contribution in [0, 0.1) is 0 Å². The third-order valence-corrected chi connectivity index (χ3v) is 3.36. The number of aromatic nitrogens is 1. The predicted octanol–water partition coefficient (Wildman–Crippen LogP) is 2.69. The van der Waals surface area contributed by atoms with Gasteiger partial charge in [-0.15, -0.1) is 0 Å². The van der Waals surface area contributed by atoms with Gasteiger partial charge in [-0.05, 0) is 46.3 Å². The van der Waals surface area contributed by atoms with Crippen molar-refractivity contribution in [2.45, 2.75) is 6.54 Å². The molecule has 5 heteroatoms. The van der Waals surface area contributed by atoms with Gasteiger partial charge in [-0.2, -0.15) is 0 Å². The molecule has 2 rings (SSSR count). The quantitative estimate of drug-likeness (QED) is 0.919. The van der Waals surface area contributed by atoms with E-state index in [0.29, 0.717) is 17.9 Å². The van der Waals surface area contributed by atoms with E-state index in [4.69, 9.17) is 4.74 Å². The van der Waals surface area contributed by atoms with Crippen LogP contribution >= 0.6 is 15.9 Å². The van der Waals surface area contributed by atoms with Crippen LogP contribution in [0.4, 0.5) is 0 Å². The number of halogens is 1. The van der Waals surface area contributed by atoms with Gasteiger partial charge in [0.2, 0.25) is 0 Å². The second-order valence-electron chi connectivity index (χ2n) is 4.03. The van der Waals surface area contributed by atoms with E-state index in [9.17, 15) is 4.79 Å². The van der Waals surface area contributed by atoms with Crippen molar-refractivity contribution in [2.24, 2.45) is 0 Å². The van der Waals surface area contributed by atoms with Crippen LogP contribution in [0.25, 0.3) is 0 Å². The molecular weight excluding hydrogens is 308 g/mol. The number of ether oxygens (including phenoxy) is 1. The van der Waals surface area contributed by atoms with Crippen molar-refractivity contribution in [3.05, 3.63) is 52.8 Å². The molecule has 0 saturated carbocycles. The Morgan fingerprint density at radius 1 is 1.37 bits per heavy atom. The molecule has 1 aromatic carbocycles. The summed E-state index contributed by atoms with van der Waals surface area (Å²) in [5, 5.41) is 2.88. The number of hydrogen-bond donors (Lipinski definition) is 1. The summed E-state index contributed by atoms with van der Waals surface area (Å²) in [6, 6.07) is 9.19. The number of carbonyl (C=O) groups is 1. The number of hydrogen-bond acceptors (Lipinski definition) is 2. The van der Waals surface area contributed by atoms with Crippen LogP contribution in [0.2, 0.25) is 0 Å². The van der Waals surface area contributed by atoms with Crippen LogP contribution in [-0.4, -0.2) is 24.1 Å². The number of nitrogens with one attached hydrogen (secondary N) is 1. The summed E-state index contributed by atoms with van der Waals surface area (Å²) in [6.07, 6.45) is 3.94. The SMILES string of the molecule is COc1ccc(C(=O)NCCn2cccc2)cc1Br. The molecule has 0 aliphatic heterocycles. The van der Waals surface area contributed by atoms with E-state index in [-0.39, 0.29) is 5.91 Å². The lowest BCUT2D eigenvalue weighted by Gasteiger charge is -2.08. The molecule has 19 heavy (non-hydrogen) atoms. The summed E-state index contributed by atoms with van der Waals surface area (Å²) in [6.45, 7) is 1.35. The van der Waals surface area contributed by atoms with Crippen LogP contribution < -0.4 is 10.1 Å². The fraction of sp³-hybridized carbons (Fsp3) is 0.214. The summed E-state index contributed by atoms with van der Waals surface area (Å²) < 4.78 is 7.92. The maximum Gasteiger partial charge on any atom is 0.251 e. The highest BCUT2D eigenvalue weighted by molar-refractivity contribution is 9.10. The largest absolute Gasteiger partial charge is 0.496 e. The van der Waals surface area contributed by atoms with Crippen molar-refractivity contribution in [1.82, 2.24) is 9.88 Å². The summed E-state index contributed by atoms with van der Waals surface area (Å²) >= 11 is 3.37. The summed E-state index contributed by atoms with van der Waals surface area (Å²) in [7, 11) is 1.59. The highest BCUT2D eigenvalue weighted by Gasteiger charge is 2.08. The van der Waals surface area contributed by atoms with Crippen LogP contribution in [0.5, 0.6) is 5.75 Å². The van der Waals surface area contributed by atoms with Crippen molar-refractivity contribution >= 4 is 21.8 Å². The van der Waals surface area contributed by atoms with Crippen molar-refractivity contribution < 1.29 is 9.53 Å². The molecular formula is C14H15BrN2O2. The van der Waals surface area contributed by atoms with E-state index in [0.717, 1.165) is 11.0 Å². The van der Waals surface area contributed by atoms with E-state index in [2.05, 4.69) is 21.2 Å². The molecule has 0 saturated heterocycles. The standard InChI is InChI=1S/C14H15BrN2O2/c1-19-13-5-4-11(10-12(13)15)14(18)16-6-9-17-7-2-3-8-17/h2-5,7-8,10H,6,9H2,1H3,(H,16,18). The van der Waals surface area contributed by atoms with Gasteiger partial charge in [-0.25, -0.2) is 0 Å². The van der Waals surface area contributed by atoms with Gasteiger partial charge in [0.25, 0.3) is 5.91 Å². The van der Waals surface area contributed by atoms with E-state index in [1.54, 1.807) is 25.3 Å². The predicted molar refractivity (Wildman–Crippen MR) is 77.5 cm³/mol. The normalized spacial score (nSPS) is 10.2. The first-order valence-electron chi connectivity index (χ1n) is 5.93. The first-order chi connectivity index (χ1) is 9.20. The zero-order chi connectivity index (χ0) is 13.7. The highest BCUT2D eigenvalue weighted by atomic mass is 79.9. The molecule has 0 aliphatic rings. The van der Waals surface area contributed by atoms with Crippen molar-refractivity contribution in [3.8, 4) is 5.75 Å². The molecule has 1 aromatic heterocycles. The van der Waals surface area contributed by atoms with Crippen molar-refractivity contribution in [3.63, 3.8) is 0 Å². The lowest BCUT2D eigenvalue weighted by Crippen LogP contribution is -2.26. The number of nitrogens with zero attached hydrogens (tertiary/aromatic N) is 1. The lowest BCUT2D eigenvalue weighted by molar-refractivity contribution is 0.0952. The third-order valence-electron chi connectivity index (χ3n) is 2.74. The Kier molecular flexibility index (Phi) is 4.63. The second-order valence-corrected chi connectivity index (χ2v) is 4.88. The number of carbonyl (C=O) groups excluding carboxylic acids is 1. The molecule has 0 atom stereocenters. The molecule has 0 bridgehead atoms. The number of benzene rings is 1. The van der Waals surface area contributed by atoms with Crippen molar-refractivity contribution in [1.29, 1.82) is 0 Å². The van der Waals surface area contributed by atoms with E-state index >= 15 is 0 Å². The summed E-state index contributed by atoms with van der Waals surface area (Å²) in [4.78, 5) is 11.9. The molecule has 2 aromatic rings. The van der Waals surface area contributed by atoms with Gasteiger partial charge >= 0.3 is 0 Å². The Balaban J connectivity index is 1.91. The zero-order valence-electron chi connectivity index (χ0n) is 10.6. The Bertz CT molecular complexity index is 553. The van der Waals surface area contributed by atoms with Crippen LogP contribution in [-0.2, 0) is 6.54 Å². The maximum atomic E-state index is 11.9. The van der Waals surface area contributed by atoms with Gasteiger partial charge in [0.15, 0.2) is 0 Å². The summed E-state index contributed by atoms with van der Waals surface area (Å²) in [5.74, 6) is 0.624. The smallest absolute Gasteiger partial charge is 0.251 e. The van der Waals surface area contributed by atoms with E-state index in [1.807, 2.05) is 29.1 Å². The van der Waals surface area contributed by atoms with Gasteiger partial charge < -0.3 is 14.6 Å². The molecule has 0 unspecified atom stereocenters. The maximum absolute atomic E-state index is 11.9. The minimum Gasteiger partial charge on any atom is -0.496 e. The molecule has 0 aliphatic carbocycles. The third kappa shape index (κ3) is 3.61. The van der Waals surface area contributed by atoms with E-state index in [1.165, 1.54) is 0 Å². The van der Waals surface area contributed by atoms with Crippen LogP contribution in [0.1, 0.15) is 10.4 Å². The van der Waals surface area contributed by atoms with Gasteiger partial charge in [0.1, 0.15) is 5.75 Å². The molecule has 4 nitrogen and oxygen atoms in total. The fourth-order valence-electron chi connectivity index (χ4n) is 1.73. The average molecular weight is 323 g/mol. The Morgan fingerprint density at radius 3 is 2.74 bits per heavy atom. The molecule has 1 heterocycles. The molecule has 1 amide bonds. The van der Waals surface area contributed by atoms with Gasteiger partial charge in [-0.3, -0.25) is 4.79 Å². The first-order valence-corrected chi connectivity index (χ1v) is 6.72. The Morgan fingerprint density at radius 2 is 2.11 bits per heavy atom. The van der Waals surface area contributed by atoms with Crippen LogP contribution in [0.15, 0.2) is 47.2 Å². The van der Waals surface area contributed by atoms with Gasteiger partial charge in [0.05, 0.1) is 11.6 Å². The minimum atomic E-state index is -0.0875. The van der Waals surface area contributed by atoms with Gasteiger partial charge in [-0.1, -0.05) is 0 Å². The minimum absolute atomic E-state index is 0.0875. The number of methoxy groups -OCH3 is 1. The number of rotatable bonds is 5. The second kappa shape index (κ2) is 6.43. The lowest BCUT2D eigenvalue weighted by atomic mass is 10.2. The Hall–Kier alpha value is -1.75. The number of amides is 1. The van der Waals surface area contributed by atoms with E-state index < -0.39 is 0 Å². The van der Waals surface area contributed by atoms with Crippen molar-refractivity contribution in [2.75, 3.05) is 13.7 Å². The molecule has 0 spiro atoms. The average Bonchev–Trinajstić information content (AvgIpc) is 2.91.